The second-order valence-corrected chi connectivity index (χ2v) is 8.21. The highest BCUT2D eigenvalue weighted by Crippen LogP contribution is 2.24. The predicted molar refractivity (Wildman–Crippen MR) is 123 cm³/mol. The van der Waals surface area contributed by atoms with E-state index in [1.54, 1.807) is 0 Å². The summed E-state index contributed by atoms with van der Waals surface area (Å²) in [5.74, 6) is -2.64. The van der Waals surface area contributed by atoms with E-state index in [2.05, 4.69) is 27.4 Å². The molecule has 4 aromatic rings. The van der Waals surface area contributed by atoms with E-state index in [0.717, 1.165) is 47.1 Å². The molecule has 0 radical (unpaired) electrons. The van der Waals surface area contributed by atoms with Crippen LogP contribution in [0.25, 0.3) is 33.1 Å². The maximum absolute atomic E-state index is 12.6. The highest BCUT2D eigenvalue weighted by Gasteiger charge is 2.38. The number of carbonyl (C=O) groups excluding carboxylic acids is 1. The molecule has 3 heterocycles. The van der Waals surface area contributed by atoms with Crippen molar-refractivity contribution >= 4 is 33.7 Å². The van der Waals surface area contributed by atoms with Gasteiger partial charge in [0.25, 0.3) is 11.5 Å². The van der Waals surface area contributed by atoms with Crippen LogP contribution in [0.3, 0.4) is 0 Å². The molecule has 1 fully saturated rings. The Bertz CT molecular complexity index is 1460. The largest absolute Gasteiger partial charge is 0.490 e. The summed E-state index contributed by atoms with van der Waals surface area (Å²) in [6.07, 6.45) is -5.08. The Labute approximate surface area is 196 Å². The first kappa shape index (κ1) is 24.0. The van der Waals surface area contributed by atoms with Crippen LogP contribution < -0.4 is 15.8 Å². The van der Waals surface area contributed by atoms with E-state index in [9.17, 15) is 22.8 Å². The lowest BCUT2D eigenvalue weighted by molar-refractivity contribution is -0.907. The Balaban J connectivity index is 0.000000364. The molecule has 1 saturated heterocycles. The fourth-order valence-corrected chi connectivity index (χ4v) is 3.98. The van der Waals surface area contributed by atoms with Crippen molar-refractivity contribution < 1.29 is 32.8 Å². The number of alkyl halides is 3. The number of pyridine rings is 1. The number of aromatic nitrogens is 2. The average molecular weight is 487 g/mol. The Morgan fingerprint density at radius 1 is 0.971 bits per heavy atom. The van der Waals surface area contributed by atoms with Crippen LogP contribution in [0.2, 0.25) is 0 Å². The van der Waals surface area contributed by atoms with Gasteiger partial charge in [-0.15, -0.1) is 0 Å². The number of H-pyrrole nitrogens is 2. The van der Waals surface area contributed by atoms with Crippen LogP contribution in [0.1, 0.15) is 5.56 Å². The van der Waals surface area contributed by atoms with Gasteiger partial charge in [-0.1, -0.05) is 24.3 Å². The van der Waals surface area contributed by atoms with Gasteiger partial charge in [0.15, 0.2) is 6.54 Å². The topological polar surface area (TPSA) is 119 Å². The second-order valence-electron chi connectivity index (χ2n) is 8.21. The third-order valence-electron chi connectivity index (χ3n) is 5.64. The number of hydrogen-bond donors (Lipinski definition) is 5. The summed E-state index contributed by atoms with van der Waals surface area (Å²) in [5, 5.41) is 12.1. The predicted octanol–water partition coefficient (Wildman–Crippen LogP) is 1.82. The van der Waals surface area contributed by atoms with E-state index in [-0.39, 0.29) is 11.5 Å². The molecule has 0 bridgehead atoms. The number of amides is 1. The summed E-state index contributed by atoms with van der Waals surface area (Å²) in [6.45, 7) is 3.01. The highest BCUT2D eigenvalue weighted by molar-refractivity contribution is 5.89. The number of hydrogen-bond acceptors (Lipinski definition) is 3. The minimum atomic E-state index is -5.08. The van der Waals surface area contributed by atoms with E-state index in [1.165, 1.54) is 10.5 Å². The number of fused-ring (bicyclic) bond motifs is 2. The second kappa shape index (κ2) is 9.63. The monoisotopic (exact) mass is 487 g/mol. The van der Waals surface area contributed by atoms with Gasteiger partial charge in [0.05, 0.1) is 24.3 Å². The molecule has 11 heteroatoms. The third kappa shape index (κ3) is 5.69. The summed E-state index contributed by atoms with van der Waals surface area (Å²) in [4.78, 5) is 40.6. The molecule has 5 N–H and O–H groups in total. The first-order valence-corrected chi connectivity index (χ1v) is 10.7. The standard InChI is InChI=1S/C22H20N4O2.C2HF3O2/c27-21-13-26(8-7-23-21)12-14-5-6-19-16(9-14)11-20(24-19)17-10-15-3-1-2-4-18(15)25-22(17)28;3-2(4,5)1(6)7/h1-6,9-11,24H,7-8,12-13H2,(H,23,27)(H,25,28);(H,6,7)/p+1. The zero-order valence-electron chi connectivity index (χ0n) is 18.3. The minimum absolute atomic E-state index is 0.103. The molecular formula is C24H22F3N4O4+. The lowest BCUT2D eigenvalue weighted by Crippen LogP contribution is -3.14. The van der Waals surface area contributed by atoms with Crippen molar-refractivity contribution in [2.45, 2.75) is 12.7 Å². The Morgan fingerprint density at radius 3 is 2.40 bits per heavy atom. The van der Waals surface area contributed by atoms with Crippen LogP contribution in [0, 0.1) is 0 Å². The number of benzene rings is 2. The van der Waals surface area contributed by atoms with Crippen molar-refractivity contribution in [1.82, 2.24) is 15.3 Å². The molecule has 1 aliphatic heterocycles. The van der Waals surface area contributed by atoms with Gasteiger partial charge in [-0.25, -0.2) is 4.79 Å². The molecule has 1 amide bonds. The highest BCUT2D eigenvalue weighted by atomic mass is 19.4. The van der Waals surface area contributed by atoms with E-state index < -0.39 is 12.1 Å². The van der Waals surface area contributed by atoms with Crippen molar-refractivity contribution in [3.8, 4) is 11.3 Å². The van der Waals surface area contributed by atoms with Crippen LogP contribution in [0.15, 0.2) is 59.4 Å². The van der Waals surface area contributed by atoms with Gasteiger partial charge < -0.3 is 25.3 Å². The molecule has 0 spiro atoms. The summed E-state index contributed by atoms with van der Waals surface area (Å²) in [6, 6.07) is 18.0. The lowest BCUT2D eigenvalue weighted by Gasteiger charge is -2.23. The van der Waals surface area contributed by atoms with Gasteiger partial charge in [0.1, 0.15) is 6.54 Å². The maximum atomic E-state index is 12.6. The first-order valence-electron chi connectivity index (χ1n) is 10.7. The number of halogens is 3. The van der Waals surface area contributed by atoms with E-state index in [1.807, 2.05) is 42.5 Å². The Morgan fingerprint density at radius 2 is 1.69 bits per heavy atom. The number of piperazine rings is 1. The van der Waals surface area contributed by atoms with Crippen molar-refractivity contribution in [1.29, 1.82) is 0 Å². The van der Waals surface area contributed by atoms with Crippen molar-refractivity contribution in [2.24, 2.45) is 0 Å². The summed E-state index contributed by atoms with van der Waals surface area (Å²) in [5.41, 5.74) is 4.36. The zero-order valence-corrected chi connectivity index (χ0v) is 18.3. The van der Waals surface area contributed by atoms with Crippen molar-refractivity contribution in [3.63, 3.8) is 0 Å². The van der Waals surface area contributed by atoms with E-state index in [4.69, 9.17) is 9.90 Å². The SMILES string of the molecule is O=C(O)C(F)(F)F.O=C1C[NH+](Cc2ccc3[nH]c(-c4cc5ccccc5[nH]c4=O)cc3c2)CCN1. The van der Waals surface area contributed by atoms with Gasteiger partial charge in [0.2, 0.25) is 0 Å². The maximum Gasteiger partial charge on any atom is 0.490 e. The van der Waals surface area contributed by atoms with Crippen LogP contribution >= 0.6 is 0 Å². The van der Waals surface area contributed by atoms with E-state index in [0.29, 0.717) is 12.1 Å². The molecule has 1 unspecified atom stereocenters. The number of para-hydroxylation sites is 1. The zero-order chi connectivity index (χ0) is 25.2. The molecule has 5 rings (SSSR count). The summed E-state index contributed by atoms with van der Waals surface area (Å²) < 4.78 is 31.7. The molecule has 1 aliphatic rings. The molecule has 182 valence electrons. The van der Waals surface area contributed by atoms with Crippen molar-refractivity contribution in [3.05, 3.63) is 70.5 Å². The number of aromatic amines is 2. The van der Waals surface area contributed by atoms with Crippen molar-refractivity contribution in [2.75, 3.05) is 19.6 Å². The molecule has 2 aromatic heterocycles. The molecule has 35 heavy (non-hydrogen) atoms. The van der Waals surface area contributed by atoms with Crippen LogP contribution in [0.4, 0.5) is 13.2 Å². The average Bonchev–Trinajstić information content (AvgIpc) is 3.21. The Hall–Kier alpha value is -4.12. The number of nitrogens with one attached hydrogen (secondary N) is 4. The van der Waals surface area contributed by atoms with Crippen LogP contribution in [-0.2, 0) is 16.1 Å². The number of rotatable bonds is 3. The summed E-state index contributed by atoms with van der Waals surface area (Å²) in [7, 11) is 0. The minimum Gasteiger partial charge on any atom is -0.475 e. The van der Waals surface area contributed by atoms with Gasteiger partial charge in [0, 0.05) is 22.0 Å². The van der Waals surface area contributed by atoms with Gasteiger partial charge >= 0.3 is 12.1 Å². The fourth-order valence-electron chi connectivity index (χ4n) is 3.98. The quantitative estimate of drug-likeness (QED) is 0.303. The first-order chi connectivity index (χ1) is 16.6. The molecular weight excluding hydrogens is 465 g/mol. The van der Waals surface area contributed by atoms with E-state index >= 15 is 0 Å². The third-order valence-corrected chi connectivity index (χ3v) is 5.64. The number of carboxylic acids is 1. The summed E-state index contributed by atoms with van der Waals surface area (Å²) >= 11 is 0. The Kier molecular flexibility index (Phi) is 6.61. The molecule has 1 atom stereocenters. The number of carboxylic acid groups (broad SMARTS) is 1. The normalized spacial score (nSPS) is 16.0. The number of carbonyl (C=O) groups is 2. The van der Waals surface area contributed by atoms with Gasteiger partial charge in [-0.05, 0) is 35.7 Å². The molecule has 2 aromatic carbocycles. The molecule has 0 saturated carbocycles. The van der Waals surface area contributed by atoms with Gasteiger partial charge in [-0.2, -0.15) is 13.2 Å². The van der Waals surface area contributed by atoms with Gasteiger partial charge in [-0.3, -0.25) is 9.59 Å². The fraction of sp³-hybridized carbons (Fsp3) is 0.208. The lowest BCUT2D eigenvalue weighted by atomic mass is 10.1. The number of quaternary nitrogens is 1. The number of aliphatic carboxylic acids is 1. The molecule has 0 aliphatic carbocycles. The smallest absolute Gasteiger partial charge is 0.475 e. The molecule has 8 nitrogen and oxygen atoms in total. The van der Waals surface area contributed by atoms with Crippen LogP contribution in [0.5, 0.6) is 0 Å². The van der Waals surface area contributed by atoms with Crippen LogP contribution in [-0.4, -0.2) is 52.8 Å².